The minimum absolute atomic E-state index is 0.323. The van der Waals surface area contributed by atoms with Crippen molar-refractivity contribution in [2.75, 3.05) is 37.7 Å². The average molecular weight is 330 g/mol. The van der Waals surface area contributed by atoms with E-state index in [1.165, 1.54) is 30.5 Å². The summed E-state index contributed by atoms with van der Waals surface area (Å²) in [6.07, 6.45) is 5.90. The summed E-state index contributed by atoms with van der Waals surface area (Å²) in [5, 5.41) is 9.24. The van der Waals surface area contributed by atoms with Gasteiger partial charge >= 0.3 is 0 Å². The molecule has 1 aromatic carbocycles. The van der Waals surface area contributed by atoms with E-state index in [1.54, 1.807) is 0 Å². The van der Waals surface area contributed by atoms with E-state index >= 15 is 0 Å². The molecular weight excluding hydrogens is 300 g/mol. The normalized spacial score (nSPS) is 20.5. The number of hydrogen-bond donors (Lipinski definition) is 2. The second kappa shape index (κ2) is 8.38. The lowest BCUT2D eigenvalue weighted by atomic mass is 9.97. The highest BCUT2D eigenvalue weighted by Gasteiger charge is 2.18. The molecule has 3 rings (SSSR count). The second-order valence-corrected chi connectivity index (χ2v) is 7.00. The molecule has 132 valence electrons. The zero-order chi connectivity index (χ0) is 16.8. The Kier molecular flexibility index (Phi) is 5.96. The summed E-state index contributed by atoms with van der Waals surface area (Å²) >= 11 is 0. The first-order chi connectivity index (χ1) is 11.8. The maximum atomic E-state index is 9.24. The zero-order valence-corrected chi connectivity index (χ0v) is 14.5. The molecule has 0 atom stereocenters. The molecule has 5 nitrogen and oxygen atoms in total. The van der Waals surface area contributed by atoms with Crippen LogP contribution in [0.2, 0.25) is 0 Å². The van der Waals surface area contributed by atoms with Gasteiger partial charge in [0.2, 0.25) is 0 Å². The fourth-order valence-electron chi connectivity index (χ4n) is 3.58. The fraction of sp³-hybridized carbons (Fsp3) is 0.632. The summed E-state index contributed by atoms with van der Waals surface area (Å²) in [5.74, 6) is 1.16. The van der Waals surface area contributed by atoms with Crippen LogP contribution in [0.4, 0.5) is 5.69 Å². The molecule has 0 unspecified atom stereocenters. The number of rotatable bonds is 4. The molecule has 0 saturated carbocycles. The molecule has 0 aliphatic carbocycles. The number of aliphatic imine (C=N–C) groups is 1. The van der Waals surface area contributed by atoms with Crippen molar-refractivity contribution in [1.82, 2.24) is 4.90 Å². The Bertz CT molecular complexity index is 529. The van der Waals surface area contributed by atoms with Gasteiger partial charge in [0.25, 0.3) is 0 Å². The molecule has 2 saturated heterocycles. The van der Waals surface area contributed by atoms with Crippen LogP contribution < -0.4 is 10.6 Å². The number of anilines is 1. The molecule has 5 heteroatoms. The van der Waals surface area contributed by atoms with Crippen molar-refractivity contribution in [3.8, 4) is 0 Å². The first kappa shape index (κ1) is 17.1. The van der Waals surface area contributed by atoms with Gasteiger partial charge in [0.05, 0.1) is 6.54 Å². The summed E-state index contributed by atoms with van der Waals surface area (Å²) in [6.45, 7) is 5.11. The summed E-state index contributed by atoms with van der Waals surface area (Å²) in [6, 6.07) is 8.67. The van der Waals surface area contributed by atoms with Crippen LogP contribution in [0.3, 0.4) is 0 Å². The molecule has 2 heterocycles. The summed E-state index contributed by atoms with van der Waals surface area (Å²) < 4.78 is 0. The summed E-state index contributed by atoms with van der Waals surface area (Å²) in [7, 11) is 0. The maximum absolute atomic E-state index is 9.24. The third-order valence-electron chi connectivity index (χ3n) is 5.28. The highest BCUT2D eigenvalue weighted by molar-refractivity contribution is 5.78. The van der Waals surface area contributed by atoms with Gasteiger partial charge in [0.15, 0.2) is 5.96 Å². The number of piperidine rings is 2. The first-order valence-electron chi connectivity index (χ1n) is 9.26. The summed E-state index contributed by atoms with van der Waals surface area (Å²) in [5.41, 5.74) is 8.58. The van der Waals surface area contributed by atoms with E-state index in [-0.39, 0.29) is 0 Å². The third-order valence-corrected chi connectivity index (χ3v) is 5.28. The van der Waals surface area contributed by atoms with E-state index < -0.39 is 0 Å². The maximum Gasteiger partial charge on any atom is 0.191 e. The van der Waals surface area contributed by atoms with Crippen LogP contribution in [0.25, 0.3) is 0 Å². The average Bonchev–Trinajstić information content (AvgIpc) is 2.67. The molecule has 2 aliphatic rings. The van der Waals surface area contributed by atoms with Crippen LogP contribution >= 0.6 is 0 Å². The Morgan fingerprint density at radius 3 is 2.33 bits per heavy atom. The predicted octanol–water partition coefficient (Wildman–Crippen LogP) is 2.20. The highest BCUT2D eigenvalue weighted by atomic mass is 16.3. The molecular formula is C19H30N4O. The Balaban J connectivity index is 1.53. The number of likely N-dealkylation sites (tertiary alicyclic amines) is 1. The molecule has 1 aromatic rings. The van der Waals surface area contributed by atoms with Gasteiger partial charge in [-0.15, -0.1) is 0 Å². The molecule has 0 aromatic heterocycles. The lowest BCUT2D eigenvalue weighted by Gasteiger charge is -2.33. The van der Waals surface area contributed by atoms with Gasteiger partial charge in [-0.05, 0) is 55.7 Å². The highest BCUT2D eigenvalue weighted by Crippen LogP contribution is 2.23. The lowest BCUT2D eigenvalue weighted by Crippen LogP contribution is -2.40. The molecule has 0 radical (unpaired) electrons. The Morgan fingerprint density at radius 2 is 1.71 bits per heavy atom. The molecule has 0 bridgehead atoms. The summed E-state index contributed by atoms with van der Waals surface area (Å²) in [4.78, 5) is 9.16. The van der Waals surface area contributed by atoms with Crippen molar-refractivity contribution in [3.63, 3.8) is 0 Å². The number of nitrogens with two attached hydrogens (primary N) is 1. The minimum atomic E-state index is 0.323. The van der Waals surface area contributed by atoms with Crippen molar-refractivity contribution in [2.45, 2.75) is 38.6 Å². The monoisotopic (exact) mass is 330 g/mol. The van der Waals surface area contributed by atoms with Gasteiger partial charge in [-0.25, -0.2) is 4.99 Å². The molecule has 0 spiro atoms. The van der Waals surface area contributed by atoms with Crippen LogP contribution in [0, 0.1) is 5.92 Å². The Morgan fingerprint density at radius 1 is 1.04 bits per heavy atom. The molecule has 24 heavy (non-hydrogen) atoms. The number of aliphatic hydroxyl groups excluding tert-OH is 1. The van der Waals surface area contributed by atoms with E-state index in [4.69, 9.17) is 5.73 Å². The van der Waals surface area contributed by atoms with Crippen molar-refractivity contribution >= 4 is 11.6 Å². The van der Waals surface area contributed by atoms with Crippen LogP contribution in [-0.2, 0) is 6.54 Å². The zero-order valence-electron chi connectivity index (χ0n) is 14.5. The minimum Gasteiger partial charge on any atom is -0.396 e. The van der Waals surface area contributed by atoms with Gasteiger partial charge < -0.3 is 20.6 Å². The van der Waals surface area contributed by atoms with Crippen LogP contribution in [0.15, 0.2) is 29.3 Å². The Hall–Kier alpha value is -1.75. The smallest absolute Gasteiger partial charge is 0.191 e. The largest absolute Gasteiger partial charge is 0.396 e. The predicted molar refractivity (Wildman–Crippen MR) is 99.2 cm³/mol. The van der Waals surface area contributed by atoms with Crippen LogP contribution in [0.5, 0.6) is 0 Å². The number of guanidine groups is 1. The van der Waals surface area contributed by atoms with Crippen LogP contribution in [-0.4, -0.2) is 48.8 Å². The second-order valence-electron chi connectivity index (χ2n) is 7.00. The van der Waals surface area contributed by atoms with Crippen molar-refractivity contribution < 1.29 is 5.11 Å². The molecule has 2 fully saturated rings. The van der Waals surface area contributed by atoms with Gasteiger partial charge in [0, 0.05) is 38.5 Å². The Labute approximate surface area is 145 Å². The quantitative estimate of drug-likeness (QED) is 0.656. The van der Waals surface area contributed by atoms with E-state index in [0.29, 0.717) is 25.0 Å². The third kappa shape index (κ3) is 4.41. The fourth-order valence-corrected chi connectivity index (χ4v) is 3.58. The molecule has 0 amide bonds. The van der Waals surface area contributed by atoms with Crippen LogP contribution in [0.1, 0.15) is 37.7 Å². The number of benzene rings is 1. The van der Waals surface area contributed by atoms with Gasteiger partial charge in [-0.2, -0.15) is 0 Å². The van der Waals surface area contributed by atoms with Gasteiger partial charge in [0.1, 0.15) is 0 Å². The SMILES string of the molecule is NC(=NCc1ccc(N2CCC(CO)CC2)cc1)N1CCCCC1. The van der Waals surface area contributed by atoms with E-state index in [0.717, 1.165) is 39.0 Å². The van der Waals surface area contributed by atoms with E-state index in [2.05, 4.69) is 39.1 Å². The first-order valence-corrected chi connectivity index (χ1v) is 9.26. The topological polar surface area (TPSA) is 65.1 Å². The molecule has 3 N–H and O–H groups in total. The van der Waals surface area contributed by atoms with E-state index in [1.807, 2.05) is 0 Å². The molecule has 2 aliphatic heterocycles. The lowest BCUT2D eigenvalue weighted by molar-refractivity contribution is 0.203. The number of nitrogens with zero attached hydrogens (tertiary/aromatic N) is 3. The number of hydrogen-bond acceptors (Lipinski definition) is 3. The van der Waals surface area contributed by atoms with Crippen molar-refractivity contribution in [1.29, 1.82) is 0 Å². The van der Waals surface area contributed by atoms with Crippen molar-refractivity contribution in [3.05, 3.63) is 29.8 Å². The van der Waals surface area contributed by atoms with E-state index in [9.17, 15) is 5.11 Å². The number of aliphatic hydroxyl groups is 1. The van der Waals surface area contributed by atoms with Gasteiger partial charge in [-0.1, -0.05) is 12.1 Å². The van der Waals surface area contributed by atoms with Gasteiger partial charge in [-0.3, -0.25) is 0 Å². The standard InChI is InChI=1S/C19H30N4O/c20-19(23-10-2-1-3-11-23)21-14-16-4-6-18(7-5-16)22-12-8-17(15-24)9-13-22/h4-7,17,24H,1-3,8-15H2,(H2,20,21). The van der Waals surface area contributed by atoms with Crippen molar-refractivity contribution in [2.24, 2.45) is 16.6 Å².